The standard InChI is InChI=1S/C4H11Si3/c1-4-7(2,3)6-5/h4H2,1-3H3. The summed E-state index contributed by atoms with van der Waals surface area (Å²) in [5, 5.41) is 0. The molecule has 0 rings (SSSR count). The monoisotopic (exact) mass is 143 g/mol. The van der Waals surface area contributed by atoms with Gasteiger partial charge in [-0.1, -0.05) is 26.1 Å². The number of hydrogen-bond acceptors (Lipinski definition) is 0. The zero-order valence-electron chi connectivity index (χ0n) is 5.21. The lowest BCUT2D eigenvalue weighted by molar-refractivity contribution is 1.40. The molecule has 0 bridgehead atoms. The first kappa shape index (κ1) is 7.65. The Morgan fingerprint density at radius 2 is 2.00 bits per heavy atom. The summed E-state index contributed by atoms with van der Waals surface area (Å²) in [5.41, 5.74) is 0. The fourth-order valence-corrected chi connectivity index (χ4v) is 2.39. The van der Waals surface area contributed by atoms with E-state index in [2.05, 4.69) is 29.8 Å². The molecular weight excluding hydrogens is 132 g/mol. The van der Waals surface area contributed by atoms with Gasteiger partial charge in [0.05, 0.1) is 0 Å². The summed E-state index contributed by atoms with van der Waals surface area (Å²) in [4.78, 5) is 0. The molecule has 0 nitrogen and oxygen atoms in total. The van der Waals surface area contributed by atoms with Gasteiger partial charge in [0, 0.05) is 25.9 Å². The molecule has 0 fully saturated rings. The van der Waals surface area contributed by atoms with Gasteiger partial charge in [0.1, 0.15) is 0 Å². The van der Waals surface area contributed by atoms with E-state index in [4.69, 9.17) is 0 Å². The van der Waals surface area contributed by atoms with Crippen molar-refractivity contribution < 1.29 is 0 Å². The third kappa shape index (κ3) is 3.25. The summed E-state index contributed by atoms with van der Waals surface area (Å²) in [6, 6.07) is 1.40. The molecule has 0 saturated carbocycles. The average molecular weight is 143 g/mol. The first-order valence-electron chi connectivity index (χ1n) is 2.56. The molecule has 0 amide bonds. The molecule has 5 radical (unpaired) electrons. The smallest absolute Gasteiger partial charge is 0.0317 e. The fraction of sp³-hybridized carbons (Fsp3) is 1.00. The Balaban J connectivity index is 3.36. The molecule has 3 heteroatoms. The van der Waals surface area contributed by atoms with Crippen molar-refractivity contribution in [1.82, 2.24) is 0 Å². The van der Waals surface area contributed by atoms with E-state index in [1.165, 1.54) is 6.04 Å². The van der Waals surface area contributed by atoms with Gasteiger partial charge in [0.15, 0.2) is 0 Å². The predicted octanol–water partition coefficient (Wildman–Crippen LogP) is 0.999. The topological polar surface area (TPSA) is 0 Å². The summed E-state index contributed by atoms with van der Waals surface area (Å²) >= 11 is 0. The van der Waals surface area contributed by atoms with E-state index in [1.54, 1.807) is 0 Å². The maximum absolute atomic E-state index is 3.56. The molecule has 0 heterocycles. The van der Waals surface area contributed by atoms with E-state index >= 15 is 0 Å². The molecule has 0 unspecified atom stereocenters. The maximum Gasteiger partial charge on any atom is 0.0317 e. The predicted molar refractivity (Wildman–Crippen MR) is 39.5 cm³/mol. The van der Waals surface area contributed by atoms with Gasteiger partial charge in [-0.05, 0) is 0 Å². The first-order chi connectivity index (χ1) is 3.12. The van der Waals surface area contributed by atoms with Gasteiger partial charge in [-0.2, -0.15) is 0 Å². The van der Waals surface area contributed by atoms with Crippen LogP contribution in [0, 0.1) is 0 Å². The molecule has 0 aromatic heterocycles. The Morgan fingerprint density at radius 1 is 1.57 bits per heavy atom. The van der Waals surface area contributed by atoms with Crippen molar-refractivity contribution in [3.63, 3.8) is 0 Å². The Hall–Kier alpha value is 0.651. The second kappa shape index (κ2) is 2.84. The van der Waals surface area contributed by atoms with Crippen LogP contribution in [-0.4, -0.2) is 25.9 Å². The van der Waals surface area contributed by atoms with Crippen molar-refractivity contribution >= 4 is 25.9 Å². The highest BCUT2D eigenvalue weighted by Gasteiger charge is 2.13. The molecule has 0 spiro atoms. The van der Waals surface area contributed by atoms with Crippen LogP contribution in [0.4, 0.5) is 0 Å². The summed E-state index contributed by atoms with van der Waals surface area (Å²) in [5.74, 6) is 0. The molecular formula is C4H11Si3. The van der Waals surface area contributed by atoms with Gasteiger partial charge in [0.2, 0.25) is 0 Å². The van der Waals surface area contributed by atoms with E-state index < -0.39 is 7.59 Å². The van der Waals surface area contributed by atoms with Crippen LogP contribution < -0.4 is 0 Å². The number of hydrogen-bond donors (Lipinski definition) is 0. The number of rotatable bonds is 2. The minimum atomic E-state index is -0.710. The molecule has 7 heavy (non-hydrogen) atoms. The third-order valence-corrected chi connectivity index (χ3v) is 12.8. The Labute approximate surface area is 52.5 Å². The van der Waals surface area contributed by atoms with Gasteiger partial charge >= 0.3 is 0 Å². The lowest BCUT2D eigenvalue weighted by Crippen LogP contribution is -2.33. The third-order valence-electron chi connectivity index (χ3n) is 1.22. The van der Waals surface area contributed by atoms with Gasteiger partial charge in [0.25, 0.3) is 0 Å². The summed E-state index contributed by atoms with van der Waals surface area (Å²) in [6.45, 7) is 7.08. The Bertz CT molecular complexity index is 44.9. The van der Waals surface area contributed by atoms with Crippen LogP contribution in [0.1, 0.15) is 6.92 Å². The summed E-state index contributed by atoms with van der Waals surface area (Å²) in [7, 11) is 3.88. The van der Waals surface area contributed by atoms with Crippen molar-refractivity contribution in [3.05, 3.63) is 0 Å². The molecule has 0 aromatic rings. The van der Waals surface area contributed by atoms with Crippen LogP contribution in [0.15, 0.2) is 0 Å². The second-order valence-electron chi connectivity index (χ2n) is 2.36. The molecule has 0 aromatic carbocycles. The zero-order chi connectivity index (χ0) is 5.91. The van der Waals surface area contributed by atoms with Gasteiger partial charge < -0.3 is 0 Å². The molecule has 0 aliphatic heterocycles. The van der Waals surface area contributed by atoms with Crippen molar-refractivity contribution in [2.45, 2.75) is 26.1 Å². The highest BCUT2D eigenvalue weighted by Crippen LogP contribution is 2.02. The highest BCUT2D eigenvalue weighted by atomic mass is 29.5. The second-order valence-corrected chi connectivity index (χ2v) is 14.1. The SMILES string of the molecule is CC[Si](C)(C)[Si][Si]. The fourth-order valence-electron chi connectivity index (χ4n) is 0.0884. The molecule has 0 aliphatic rings. The molecule has 0 atom stereocenters. The first-order valence-corrected chi connectivity index (χ1v) is 9.27. The molecule has 0 aliphatic carbocycles. The molecule has 0 N–H and O–H groups in total. The van der Waals surface area contributed by atoms with Crippen LogP contribution in [0.3, 0.4) is 0 Å². The molecule has 39 valence electrons. The van der Waals surface area contributed by atoms with Crippen molar-refractivity contribution in [2.24, 2.45) is 0 Å². The van der Waals surface area contributed by atoms with Gasteiger partial charge in [-0.15, -0.1) is 0 Å². The lowest BCUT2D eigenvalue weighted by Gasteiger charge is -2.15. The minimum absolute atomic E-state index is 0.710. The van der Waals surface area contributed by atoms with Crippen molar-refractivity contribution in [2.75, 3.05) is 0 Å². The van der Waals surface area contributed by atoms with Crippen molar-refractivity contribution in [3.8, 4) is 0 Å². The highest BCUT2D eigenvalue weighted by molar-refractivity contribution is 7.39. The minimum Gasteiger partial charge on any atom is -0.0719 e. The van der Waals surface area contributed by atoms with E-state index in [9.17, 15) is 0 Å². The normalized spacial score (nSPS) is 12.0. The summed E-state index contributed by atoms with van der Waals surface area (Å²) < 4.78 is 0. The summed E-state index contributed by atoms with van der Waals surface area (Å²) in [6.07, 6.45) is 0. The average Bonchev–Trinajstić information content (AvgIpc) is 1.68. The van der Waals surface area contributed by atoms with Crippen LogP contribution >= 0.6 is 0 Å². The largest absolute Gasteiger partial charge is 0.0719 e. The van der Waals surface area contributed by atoms with Crippen LogP contribution in [0.25, 0.3) is 0 Å². The van der Waals surface area contributed by atoms with E-state index in [-0.39, 0.29) is 0 Å². The van der Waals surface area contributed by atoms with Gasteiger partial charge in [-0.3, -0.25) is 0 Å². The lowest BCUT2D eigenvalue weighted by atomic mass is 11.0. The van der Waals surface area contributed by atoms with E-state index in [0.717, 1.165) is 8.55 Å². The molecule has 0 saturated heterocycles. The maximum atomic E-state index is 3.56. The van der Waals surface area contributed by atoms with Crippen molar-refractivity contribution in [1.29, 1.82) is 0 Å². The van der Waals surface area contributed by atoms with Crippen LogP contribution in [0.2, 0.25) is 19.1 Å². The Morgan fingerprint density at radius 3 is 2.00 bits per heavy atom. The Kier molecular flexibility index (Phi) is 3.10. The van der Waals surface area contributed by atoms with Crippen LogP contribution in [0.5, 0.6) is 0 Å². The van der Waals surface area contributed by atoms with E-state index in [0.29, 0.717) is 0 Å². The quantitative estimate of drug-likeness (QED) is 0.506. The van der Waals surface area contributed by atoms with E-state index in [1.807, 2.05) is 0 Å². The van der Waals surface area contributed by atoms with Crippen LogP contribution in [-0.2, 0) is 0 Å². The van der Waals surface area contributed by atoms with Gasteiger partial charge in [-0.25, -0.2) is 0 Å². The zero-order valence-corrected chi connectivity index (χ0v) is 8.21.